The predicted octanol–water partition coefficient (Wildman–Crippen LogP) is -1.04. The van der Waals surface area contributed by atoms with Gasteiger partial charge in [-0.25, -0.2) is 4.79 Å². The van der Waals surface area contributed by atoms with Crippen LogP contribution >= 0.6 is 0 Å². The highest BCUT2D eigenvalue weighted by Crippen LogP contribution is 2.37. The van der Waals surface area contributed by atoms with Crippen LogP contribution in [0.1, 0.15) is 24.1 Å². The topological polar surface area (TPSA) is 151 Å². The number of morpholine rings is 1. The van der Waals surface area contributed by atoms with Gasteiger partial charge in [-0.1, -0.05) is 0 Å². The lowest BCUT2D eigenvalue weighted by Gasteiger charge is -2.29. The van der Waals surface area contributed by atoms with Gasteiger partial charge in [-0.15, -0.1) is 14.5 Å². The molecule has 5 rings (SSSR count). The number of amides is 2. The molecule has 4 aliphatic rings. The van der Waals surface area contributed by atoms with Crippen LogP contribution in [0.25, 0.3) is 5.70 Å². The summed E-state index contributed by atoms with van der Waals surface area (Å²) in [6, 6.07) is -1.29. The van der Waals surface area contributed by atoms with Gasteiger partial charge in [0.05, 0.1) is 25.2 Å². The fraction of sp³-hybridized carbons (Fsp3) is 0.643. The van der Waals surface area contributed by atoms with Gasteiger partial charge in [0.15, 0.2) is 0 Å². The standard InChI is InChI=1S/C14H18N6O7S/c21-14-19-2-1-8(10(6-19)20(14)27-28(22,23)24)12-16-17-13(26-12)9-5-18-3-4-25-7-11(18)15-9/h5,8,10-11,15H,1-4,6-7H2,(H,22,23,24)/t8-,10+,11?/m1/s1. The van der Waals surface area contributed by atoms with Crippen molar-refractivity contribution >= 4 is 22.1 Å². The quantitative estimate of drug-likeness (QED) is 0.581. The van der Waals surface area contributed by atoms with E-state index in [0.29, 0.717) is 42.8 Å². The Kier molecular flexibility index (Phi) is 3.97. The number of piperidine rings is 1. The number of urea groups is 1. The minimum absolute atomic E-state index is 0.0217. The first-order valence-electron chi connectivity index (χ1n) is 8.80. The van der Waals surface area contributed by atoms with Crippen molar-refractivity contribution in [2.45, 2.75) is 24.5 Å². The van der Waals surface area contributed by atoms with Gasteiger partial charge in [-0.2, -0.15) is 13.5 Å². The van der Waals surface area contributed by atoms with Crippen molar-refractivity contribution in [2.75, 3.05) is 32.8 Å². The molecule has 152 valence electrons. The van der Waals surface area contributed by atoms with Crippen molar-refractivity contribution in [2.24, 2.45) is 0 Å². The van der Waals surface area contributed by atoms with E-state index in [-0.39, 0.29) is 18.6 Å². The number of rotatable bonds is 4. The second-order valence-corrected chi connectivity index (χ2v) is 7.98. The Morgan fingerprint density at radius 1 is 1.32 bits per heavy atom. The Morgan fingerprint density at radius 2 is 2.18 bits per heavy atom. The molecule has 1 aromatic rings. The molecular weight excluding hydrogens is 396 g/mol. The van der Waals surface area contributed by atoms with Crippen LogP contribution in [0, 0.1) is 0 Å². The molecule has 14 heteroatoms. The summed E-state index contributed by atoms with van der Waals surface area (Å²) >= 11 is 0. The van der Waals surface area contributed by atoms with E-state index >= 15 is 0 Å². The maximum Gasteiger partial charge on any atom is 0.418 e. The third-order valence-electron chi connectivity index (χ3n) is 5.29. The SMILES string of the molecule is O=C1N2CC[C@@H](c3nnc(C4=CN5CCOCC5N4)o3)[C@H](C2)N1OS(=O)(=O)O. The number of carbonyl (C=O) groups is 1. The zero-order valence-electron chi connectivity index (χ0n) is 14.6. The smallest absolute Gasteiger partial charge is 0.418 e. The molecule has 3 saturated heterocycles. The van der Waals surface area contributed by atoms with Crippen LogP contribution < -0.4 is 5.32 Å². The lowest BCUT2D eigenvalue weighted by Crippen LogP contribution is -2.45. The second kappa shape index (κ2) is 6.30. The highest BCUT2D eigenvalue weighted by atomic mass is 32.3. The maximum atomic E-state index is 12.2. The van der Waals surface area contributed by atoms with E-state index in [0.717, 1.165) is 6.54 Å². The molecule has 2 bridgehead atoms. The van der Waals surface area contributed by atoms with E-state index in [1.54, 1.807) is 0 Å². The van der Waals surface area contributed by atoms with Crippen LogP contribution in [0.5, 0.6) is 0 Å². The molecule has 2 amide bonds. The molecule has 5 heterocycles. The first-order valence-corrected chi connectivity index (χ1v) is 10.2. The van der Waals surface area contributed by atoms with Gasteiger partial charge in [-0.3, -0.25) is 4.55 Å². The molecule has 0 radical (unpaired) electrons. The zero-order chi connectivity index (χ0) is 19.5. The van der Waals surface area contributed by atoms with Crippen LogP contribution in [0.15, 0.2) is 10.6 Å². The Labute approximate surface area is 159 Å². The van der Waals surface area contributed by atoms with E-state index in [9.17, 15) is 13.2 Å². The number of hydrogen-bond donors (Lipinski definition) is 2. The normalized spacial score (nSPS) is 29.8. The number of nitrogens with one attached hydrogen (secondary N) is 1. The zero-order valence-corrected chi connectivity index (χ0v) is 15.4. The fourth-order valence-electron chi connectivity index (χ4n) is 3.99. The minimum Gasteiger partial charge on any atom is -0.419 e. The molecule has 4 aliphatic heterocycles. The molecule has 28 heavy (non-hydrogen) atoms. The molecule has 0 aromatic carbocycles. The number of ether oxygens (including phenoxy) is 1. The molecule has 1 aromatic heterocycles. The molecule has 1 unspecified atom stereocenters. The predicted molar refractivity (Wildman–Crippen MR) is 89.3 cm³/mol. The average Bonchev–Trinajstić information content (AvgIpc) is 3.35. The fourth-order valence-corrected chi connectivity index (χ4v) is 4.37. The van der Waals surface area contributed by atoms with E-state index < -0.39 is 28.4 Å². The summed E-state index contributed by atoms with van der Waals surface area (Å²) in [5, 5.41) is 12.1. The van der Waals surface area contributed by atoms with Crippen molar-refractivity contribution in [1.29, 1.82) is 0 Å². The molecule has 3 fully saturated rings. The molecule has 0 saturated carbocycles. The Balaban J connectivity index is 1.37. The summed E-state index contributed by atoms with van der Waals surface area (Å²) in [5.41, 5.74) is 0.681. The molecule has 3 atom stereocenters. The number of fused-ring (bicyclic) bond motifs is 3. The largest absolute Gasteiger partial charge is 0.419 e. The summed E-state index contributed by atoms with van der Waals surface area (Å²) in [5.74, 6) is 0.166. The minimum atomic E-state index is -4.83. The van der Waals surface area contributed by atoms with Crippen LogP contribution in [0.4, 0.5) is 4.79 Å². The van der Waals surface area contributed by atoms with E-state index in [1.165, 1.54) is 4.90 Å². The van der Waals surface area contributed by atoms with Crippen molar-refractivity contribution in [3.05, 3.63) is 18.0 Å². The average molecular weight is 414 g/mol. The van der Waals surface area contributed by atoms with Crippen LogP contribution in [-0.4, -0.2) is 89.1 Å². The van der Waals surface area contributed by atoms with Crippen molar-refractivity contribution in [3.8, 4) is 0 Å². The number of nitrogens with zero attached hydrogens (tertiary/aromatic N) is 5. The summed E-state index contributed by atoms with van der Waals surface area (Å²) in [7, 11) is -4.83. The number of aromatic nitrogens is 2. The summed E-state index contributed by atoms with van der Waals surface area (Å²) < 4.78 is 46.9. The van der Waals surface area contributed by atoms with Crippen LogP contribution in [-0.2, 0) is 19.4 Å². The number of hydroxylamine groups is 2. The van der Waals surface area contributed by atoms with Gasteiger partial charge in [-0.05, 0) is 6.42 Å². The lowest BCUT2D eigenvalue weighted by atomic mass is 9.93. The molecule has 0 aliphatic carbocycles. The van der Waals surface area contributed by atoms with Crippen molar-refractivity contribution < 1.29 is 31.2 Å². The van der Waals surface area contributed by atoms with E-state index in [1.807, 2.05) is 6.20 Å². The van der Waals surface area contributed by atoms with Gasteiger partial charge in [0.1, 0.15) is 11.9 Å². The molecular formula is C14H18N6O7S. The number of carbonyl (C=O) groups excluding carboxylic acids is 1. The Morgan fingerprint density at radius 3 is 2.96 bits per heavy atom. The Hall–Kier alpha value is -2.42. The van der Waals surface area contributed by atoms with Gasteiger partial charge in [0.2, 0.25) is 5.89 Å². The van der Waals surface area contributed by atoms with Gasteiger partial charge in [0.25, 0.3) is 5.89 Å². The first-order chi connectivity index (χ1) is 13.4. The third kappa shape index (κ3) is 2.97. The van der Waals surface area contributed by atoms with Crippen LogP contribution in [0.3, 0.4) is 0 Å². The third-order valence-corrected chi connectivity index (χ3v) is 5.64. The van der Waals surface area contributed by atoms with Crippen LogP contribution in [0.2, 0.25) is 0 Å². The second-order valence-electron chi connectivity index (χ2n) is 6.98. The number of hydrogen-bond acceptors (Lipinski definition) is 10. The highest BCUT2D eigenvalue weighted by molar-refractivity contribution is 7.80. The summed E-state index contributed by atoms with van der Waals surface area (Å²) in [6.45, 7) is 2.58. The van der Waals surface area contributed by atoms with E-state index in [2.05, 4.69) is 24.7 Å². The highest BCUT2D eigenvalue weighted by Gasteiger charge is 2.50. The van der Waals surface area contributed by atoms with E-state index in [4.69, 9.17) is 13.7 Å². The summed E-state index contributed by atoms with van der Waals surface area (Å²) in [6.07, 6.45) is 2.42. The lowest BCUT2D eigenvalue weighted by molar-refractivity contribution is -0.0393. The summed E-state index contributed by atoms with van der Waals surface area (Å²) in [4.78, 5) is 15.8. The Bertz CT molecular complexity index is 932. The molecule has 13 nitrogen and oxygen atoms in total. The first kappa shape index (κ1) is 17.7. The van der Waals surface area contributed by atoms with Crippen molar-refractivity contribution in [1.82, 2.24) is 30.4 Å². The monoisotopic (exact) mass is 414 g/mol. The van der Waals surface area contributed by atoms with Gasteiger partial charge in [0, 0.05) is 25.8 Å². The van der Waals surface area contributed by atoms with Gasteiger partial charge < -0.3 is 24.3 Å². The maximum absolute atomic E-state index is 12.2. The molecule has 2 N–H and O–H groups in total. The van der Waals surface area contributed by atoms with Gasteiger partial charge >= 0.3 is 16.4 Å². The van der Waals surface area contributed by atoms with Crippen molar-refractivity contribution in [3.63, 3.8) is 0 Å². The molecule has 0 spiro atoms.